The molecule has 1 unspecified atom stereocenters. The third-order valence-electron chi connectivity index (χ3n) is 4.91. The van der Waals surface area contributed by atoms with Crippen molar-refractivity contribution in [2.24, 2.45) is 0 Å². The molecule has 4 heteroatoms. The van der Waals surface area contributed by atoms with Crippen LogP contribution in [0, 0.1) is 6.92 Å². The molecular weight excluding hydrogens is 262 g/mol. The van der Waals surface area contributed by atoms with Gasteiger partial charge in [-0.15, -0.1) is 0 Å². The first-order chi connectivity index (χ1) is 10.3. The number of fused-ring (bicyclic) bond motifs is 1. The van der Waals surface area contributed by atoms with Gasteiger partial charge in [0, 0.05) is 25.7 Å². The second kappa shape index (κ2) is 6.95. The van der Waals surface area contributed by atoms with Gasteiger partial charge in [0.25, 0.3) is 0 Å². The van der Waals surface area contributed by atoms with Gasteiger partial charge in [0.05, 0.1) is 13.1 Å². The molecule has 21 heavy (non-hydrogen) atoms. The molecule has 0 aromatic carbocycles. The van der Waals surface area contributed by atoms with Crippen molar-refractivity contribution in [1.82, 2.24) is 15.1 Å². The fraction of sp³-hybridized carbons (Fsp3) is 0.765. The number of hydrogen-bond donors (Lipinski definition) is 1. The molecule has 1 aromatic rings. The van der Waals surface area contributed by atoms with E-state index in [0.29, 0.717) is 0 Å². The number of nitrogens with zero attached hydrogens (tertiary/aromatic N) is 2. The lowest BCUT2D eigenvalue weighted by Gasteiger charge is -2.43. The van der Waals surface area contributed by atoms with Crippen LogP contribution in [0.15, 0.2) is 10.5 Å². The summed E-state index contributed by atoms with van der Waals surface area (Å²) in [7, 11) is 0. The molecule has 118 valence electrons. The van der Waals surface area contributed by atoms with Crippen molar-refractivity contribution in [1.29, 1.82) is 0 Å². The Kier molecular flexibility index (Phi) is 4.99. The molecule has 2 aliphatic rings. The Balaban J connectivity index is 1.56. The second-order valence-electron chi connectivity index (χ2n) is 6.52. The van der Waals surface area contributed by atoms with Crippen LogP contribution < -0.4 is 5.32 Å². The van der Waals surface area contributed by atoms with Gasteiger partial charge < -0.3 is 9.73 Å². The van der Waals surface area contributed by atoms with Crippen LogP contribution in [0.3, 0.4) is 0 Å². The topological polar surface area (TPSA) is 31.7 Å². The Morgan fingerprint density at radius 2 is 2.19 bits per heavy atom. The summed E-state index contributed by atoms with van der Waals surface area (Å²) >= 11 is 0. The fourth-order valence-corrected chi connectivity index (χ4v) is 3.67. The summed E-state index contributed by atoms with van der Waals surface area (Å²) in [5.74, 6) is 2.23. The lowest BCUT2D eigenvalue weighted by atomic mass is 9.99. The average Bonchev–Trinajstić information content (AvgIpc) is 2.84. The van der Waals surface area contributed by atoms with E-state index in [9.17, 15) is 0 Å². The van der Waals surface area contributed by atoms with Crippen LogP contribution in [0.5, 0.6) is 0 Å². The van der Waals surface area contributed by atoms with E-state index in [1.54, 1.807) is 0 Å². The number of rotatable bonds is 5. The van der Waals surface area contributed by atoms with Crippen molar-refractivity contribution < 1.29 is 4.42 Å². The molecule has 1 atom stereocenters. The second-order valence-corrected chi connectivity index (χ2v) is 6.52. The number of nitrogens with one attached hydrogen (secondary N) is 1. The van der Waals surface area contributed by atoms with E-state index in [4.69, 9.17) is 4.42 Å². The van der Waals surface area contributed by atoms with E-state index in [0.717, 1.165) is 37.2 Å². The smallest absolute Gasteiger partial charge is 0.120 e. The largest absolute Gasteiger partial charge is 0.463 e. The Morgan fingerprint density at radius 3 is 3.05 bits per heavy atom. The number of piperidine rings is 1. The molecular formula is C17H29N3O. The van der Waals surface area contributed by atoms with Gasteiger partial charge in [0.1, 0.15) is 11.5 Å². The summed E-state index contributed by atoms with van der Waals surface area (Å²) in [4.78, 5) is 5.26. The first kappa shape index (κ1) is 15.1. The molecule has 0 amide bonds. The van der Waals surface area contributed by atoms with Crippen molar-refractivity contribution in [2.75, 3.05) is 32.7 Å². The Bertz CT molecular complexity index is 457. The predicted molar refractivity (Wildman–Crippen MR) is 85.3 cm³/mol. The summed E-state index contributed by atoms with van der Waals surface area (Å²) < 4.78 is 6.04. The molecule has 1 N–H and O–H groups in total. The average molecular weight is 291 g/mol. The van der Waals surface area contributed by atoms with Gasteiger partial charge in [-0.05, 0) is 44.5 Å². The van der Waals surface area contributed by atoms with Crippen LogP contribution >= 0.6 is 0 Å². The number of piperazine rings is 1. The molecule has 0 saturated carbocycles. The molecule has 0 radical (unpaired) electrons. The molecule has 0 bridgehead atoms. The lowest BCUT2D eigenvalue weighted by molar-refractivity contribution is 0.0424. The van der Waals surface area contributed by atoms with E-state index in [1.807, 2.05) is 0 Å². The van der Waals surface area contributed by atoms with E-state index in [1.165, 1.54) is 51.0 Å². The highest BCUT2D eigenvalue weighted by Gasteiger charge is 2.29. The van der Waals surface area contributed by atoms with Crippen molar-refractivity contribution in [3.05, 3.63) is 23.2 Å². The van der Waals surface area contributed by atoms with Crippen LogP contribution in [-0.4, -0.2) is 48.6 Å². The first-order valence-corrected chi connectivity index (χ1v) is 8.51. The maximum Gasteiger partial charge on any atom is 0.120 e. The van der Waals surface area contributed by atoms with Crippen LogP contribution in [0.25, 0.3) is 0 Å². The van der Waals surface area contributed by atoms with E-state index < -0.39 is 0 Å². The minimum Gasteiger partial charge on any atom is -0.463 e. The van der Waals surface area contributed by atoms with Gasteiger partial charge in [-0.3, -0.25) is 9.80 Å². The summed E-state index contributed by atoms with van der Waals surface area (Å²) in [6.07, 6.45) is 4.17. The zero-order valence-electron chi connectivity index (χ0n) is 13.5. The zero-order valence-corrected chi connectivity index (χ0v) is 13.5. The Hall–Kier alpha value is -0.840. The minimum absolute atomic E-state index is 0.782. The van der Waals surface area contributed by atoms with Gasteiger partial charge in [-0.25, -0.2) is 0 Å². The Labute approximate surface area is 128 Å². The summed E-state index contributed by atoms with van der Waals surface area (Å²) in [6.45, 7) is 12.0. The highest BCUT2D eigenvalue weighted by atomic mass is 16.3. The third-order valence-corrected chi connectivity index (χ3v) is 4.91. The van der Waals surface area contributed by atoms with Crippen molar-refractivity contribution in [3.63, 3.8) is 0 Å². The van der Waals surface area contributed by atoms with Crippen molar-refractivity contribution >= 4 is 0 Å². The highest BCUT2D eigenvalue weighted by molar-refractivity contribution is 5.20. The summed E-state index contributed by atoms with van der Waals surface area (Å²) in [5.41, 5.74) is 1.28. The SMILES string of the molecule is CCNCc1oc(CN2CCN3CCCCC3C2)cc1C. The van der Waals surface area contributed by atoms with Crippen LogP contribution in [0.4, 0.5) is 0 Å². The number of hydrogen-bond acceptors (Lipinski definition) is 4. The van der Waals surface area contributed by atoms with E-state index in [-0.39, 0.29) is 0 Å². The molecule has 2 saturated heterocycles. The van der Waals surface area contributed by atoms with Crippen molar-refractivity contribution in [3.8, 4) is 0 Å². The van der Waals surface area contributed by atoms with Crippen molar-refractivity contribution in [2.45, 2.75) is 52.2 Å². The summed E-state index contributed by atoms with van der Waals surface area (Å²) in [5, 5.41) is 3.35. The zero-order chi connectivity index (χ0) is 14.7. The van der Waals surface area contributed by atoms with Crippen LogP contribution in [-0.2, 0) is 13.1 Å². The highest BCUT2D eigenvalue weighted by Crippen LogP contribution is 2.23. The number of aryl methyl sites for hydroxylation is 1. The van der Waals surface area contributed by atoms with Gasteiger partial charge in [-0.1, -0.05) is 13.3 Å². The molecule has 0 spiro atoms. The molecule has 4 nitrogen and oxygen atoms in total. The molecule has 3 rings (SSSR count). The molecule has 1 aromatic heterocycles. The van der Waals surface area contributed by atoms with E-state index in [2.05, 4.69) is 35.0 Å². The van der Waals surface area contributed by atoms with Gasteiger partial charge in [-0.2, -0.15) is 0 Å². The monoisotopic (exact) mass is 291 g/mol. The van der Waals surface area contributed by atoms with Gasteiger partial charge >= 0.3 is 0 Å². The Morgan fingerprint density at radius 1 is 1.29 bits per heavy atom. The first-order valence-electron chi connectivity index (χ1n) is 8.51. The standard InChI is InChI=1S/C17H29N3O/c1-3-18-11-17-14(2)10-16(21-17)13-19-8-9-20-7-5-4-6-15(20)12-19/h10,15,18H,3-9,11-13H2,1-2H3. The molecule has 2 fully saturated rings. The van der Waals surface area contributed by atoms with Crippen LogP contribution in [0.2, 0.25) is 0 Å². The summed E-state index contributed by atoms with van der Waals surface area (Å²) in [6, 6.07) is 3.00. The molecule has 0 aliphatic carbocycles. The quantitative estimate of drug-likeness (QED) is 0.902. The fourth-order valence-electron chi connectivity index (χ4n) is 3.67. The molecule has 3 heterocycles. The number of furan rings is 1. The minimum atomic E-state index is 0.782. The lowest BCUT2D eigenvalue weighted by Crippen LogP contribution is -2.54. The van der Waals surface area contributed by atoms with Crippen LogP contribution in [0.1, 0.15) is 43.3 Å². The normalized spacial score (nSPS) is 24.2. The molecule has 2 aliphatic heterocycles. The predicted octanol–water partition coefficient (Wildman–Crippen LogP) is 2.37. The maximum absolute atomic E-state index is 6.04. The van der Waals surface area contributed by atoms with E-state index >= 15 is 0 Å². The van der Waals surface area contributed by atoms with Gasteiger partial charge in [0.2, 0.25) is 0 Å². The third kappa shape index (κ3) is 3.68. The van der Waals surface area contributed by atoms with Gasteiger partial charge in [0.15, 0.2) is 0 Å². The maximum atomic E-state index is 6.04.